The van der Waals surface area contributed by atoms with Crippen LogP contribution >= 0.6 is 15.9 Å². The highest BCUT2D eigenvalue weighted by Gasteiger charge is 2.51. The molecular weight excluding hydrogens is 453 g/mol. The van der Waals surface area contributed by atoms with E-state index in [1.54, 1.807) is 0 Å². The minimum Gasteiger partial charge on any atom is -0.399 e. The lowest BCUT2D eigenvalue weighted by Crippen LogP contribution is -2.41. The topological polar surface area (TPSA) is 38.8 Å². The van der Waals surface area contributed by atoms with E-state index in [0.717, 1.165) is 35.9 Å². The number of benzene rings is 1. The molecule has 1 amide bonds. The predicted octanol–water partition coefficient (Wildman–Crippen LogP) is 6.35. The van der Waals surface area contributed by atoms with E-state index in [1.165, 1.54) is 38.5 Å². The zero-order valence-corrected chi connectivity index (χ0v) is 22.0. The molecule has 0 saturated carbocycles. The Bertz CT molecular complexity index is 695. The number of halogens is 1. The first kappa shape index (κ1) is 26.4. The number of hydrogen-bond acceptors (Lipinski definition) is 3. The standard InChI is InChI=1S/C25H41BBrNO3/c1-7-9-11-13-17-28(18-14-12-10-8-2)23(29)21-16-15-20(19-22(21)27)26-30-24(3,4)25(5,6)31-26/h15-16,19H,7-14,17-18H2,1-6H3. The van der Waals surface area contributed by atoms with E-state index in [0.29, 0.717) is 5.56 Å². The summed E-state index contributed by atoms with van der Waals surface area (Å²) in [4.78, 5) is 15.4. The molecule has 31 heavy (non-hydrogen) atoms. The lowest BCUT2D eigenvalue weighted by atomic mass is 9.79. The van der Waals surface area contributed by atoms with Gasteiger partial charge in [0.25, 0.3) is 5.91 Å². The van der Waals surface area contributed by atoms with Gasteiger partial charge in [-0.1, -0.05) is 58.4 Å². The van der Waals surface area contributed by atoms with Crippen LogP contribution in [0.3, 0.4) is 0 Å². The molecule has 0 bridgehead atoms. The summed E-state index contributed by atoms with van der Waals surface area (Å²) in [5.74, 6) is 0.111. The average molecular weight is 494 g/mol. The molecule has 1 aromatic carbocycles. The van der Waals surface area contributed by atoms with E-state index in [2.05, 4.69) is 57.5 Å². The highest BCUT2D eigenvalue weighted by Crippen LogP contribution is 2.36. The fourth-order valence-electron chi connectivity index (χ4n) is 3.77. The number of hydrogen-bond donors (Lipinski definition) is 0. The summed E-state index contributed by atoms with van der Waals surface area (Å²) in [5.41, 5.74) is 0.879. The fourth-order valence-corrected chi connectivity index (χ4v) is 4.34. The summed E-state index contributed by atoms with van der Waals surface area (Å²) in [5, 5.41) is 0. The smallest absolute Gasteiger partial charge is 0.399 e. The summed E-state index contributed by atoms with van der Waals surface area (Å²) in [6.45, 7) is 14.3. The lowest BCUT2D eigenvalue weighted by Gasteiger charge is -2.32. The molecule has 1 aromatic rings. The molecule has 1 heterocycles. The summed E-state index contributed by atoms with van der Waals surface area (Å²) >= 11 is 3.65. The molecule has 0 unspecified atom stereocenters. The highest BCUT2D eigenvalue weighted by molar-refractivity contribution is 9.10. The zero-order chi connectivity index (χ0) is 23.1. The van der Waals surface area contributed by atoms with Crippen LogP contribution in [-0.4, -0.2) is 42.2 Å². The number of amides is 1. The summed E-state index contributed by atoms with van der Waals surface area (Å²) in [6, 6.07) is 5.85. The normalized spacial score (nSPS) is 17.2. The maximum Gasteiger partial charge on any atom is 0.494 e. The number of carbonyl (C=O) groups excluding carboxylic acids is 1. The second-order valence-corrected chi connectivity index (χ2v) is 10.6. The quantitative estimate of drug-likeness (QED) is 0.251. The number of nitrogens with zero attached hydrogens (tertiary/aromatic N) is 1. The van der Waals surface area contributed by atoms with Gasteiger partial charge >= 0.3 is 7.12 Å². The zero-order valence-electron chi connectivity index (χ0n) is 20.4. The van der Waals surface area contributed by atoms with Gasteiger partial charge < -0.3 is 14.2 Å². The summed E-state index contributed by atoms with van der Waals surface area (Å²) < 4.78 is 13.1. The average Bonchev–Trinajstić information content (AvgIpc) is 2.93. The third kappa shape index (κ3) is 7.07. The summed E-state index contributed by atoms with van der Waals surface area (Å²) in [7, 11) is -0.426. The lowest BCUT2D eigenvalue weighted by molar-refractivity contribution is 0.00578. The first-order valence-electron chi connectivity index (χ1n) is 12.1. The Morgan fingerprint density at radius 2 is 1.42 bits per heavy atom. The van der Waals surface area contributed by atoms with E-state index in [1.807, 2.05) is 23.1 Å². The van der Waals surface area contributed by atoms with Gasteiger partial charge in [-0.05, 0) is 74.1 Å². The maximum absolute atomic E-state index is 13.4. The van der Waals surface area contributed by atoms with Gasteiger partial charge in [0.15, 0.2) is 0 Å². The van der Waals surface area contributed by atoms with E-state index in [4.69, 9.17) is 9.31 Å². The van der Waals surface area contributed by atoms with Crippen molar-refractivity contribution in [3.63, 3.8) is 0 Å². The van der Waals surface area contributed by atoms with Crippen LogP contribution in [0.2, 0.25) is 0 Å². The second kappa shape index (κ2) is 11.9. The maximum atomic E-state index is 13.4. The molecule has 0 aromatic heterocycles. The van der Waals surface area contributed by atoms with Gasteiger partial charge in [0.05, 0.1) is 16.8 Å². The predicted molar refractivity (Wildman–Crippen MR) is 134 cm³/mol. The molecule has 4 nitrogen and oxygen atoms in total. The number of carbonyl (C=O) groups is 1. The monoisotopic (exact) mass is 493 g/mol. The Morgan fingerprint density at radius 1 is 0.903 bits per heavy atom. The Morgan fingerprint density at radius 3 is 1.87 bits per heavy atom. The van der Waals surface area contributed by atoms with Gasteiger partial charge in [-0.15, -0.1) is 0 Å². The molecule has 0 aliphatic carbocycles. The van der Waals surface area contributed by atoms with Crippen LogP contribution in [-0.2, 0) is 9.31 Å². The summed E-state index contributed by atoms with van der Waals surface area (Å²) in [6.07, 6.45) is 9.35. The fraction of sp³-hybridized carbons (Fsp3) is 0.720. The van der Waals surface area contributed by atoms with Gasteiger partial charge in [-0.25, -0.2) is 0 Å². The molecule has 0 N–H and O–H groups in total. The van der Waals surface area contributed by atoms with E-state index < -0.39 is 7.12 Å². The van der Waals surface area contributed by atoms with Crippen molar-refractivity contribution in [3.8, 4) is 0 Å². The van der Waals surface area contributed by atoms with Gasteiger partial charge in [0, 0.05) is 17.6 Å². The van der Waals surface area contributed by atoms with Crippen LogP contribution in [0.5, 0.6) is 0 Å². The van der Waals surface area contributed by atoms with Gasteiger partial charge in [0.2, 0.25) is 0 Å². The number of unbranched alkanes of at least 4 members (excludes halogenated alkanes) is 6. The molecule has 1 saturated heterocycles. The van der Waals surface area contributed by atoms with Gasteiger partial charge in [0.1, 0.15) is 0 Å². The minimum atomic E-state index is -0.426. The van der Waals surface area contributed by atoms with Crippen LogP contribution in [0.15, 0.2) is 22.7 Å². The highest BCUT2D eigenvalue weighted by atomic mass is 79.9. The van der Waals surface area contributed by atoms with Crippen molar-refractivity contribution in [1.29, 1.82) is 0 Å². The Labute approximate surface area is 198 Å². The third-order valence-electron chi connectivity index (χ3n) is 6.60. The minimum absolute atomic E-state index is 0.111. The molecule has 1 aliphatic heterocycles. The van der Waals surface area contributed by atoms with Gasteiger partial charge in [-0.2, -0.15) is 0 Å². The van der Waals surface area contributed by atoms with Crippen molar-refractivity contribution >= 4 is 34.4 Å². The third-order valence-corrected chi connectivity index (χ3v) is 7.26. The molecule has 0 radical (unpaired) electrons. The molecule has 0 spiro atoms. The first-order valence-corrected chi connectivity index (χ1v) is 12.9. The van der Waals surface area contributed by atoms with Gasteiger partial charge in [-0.3, -0.25) is 4.79 Å². The molecule has 2 rings (SSSR count). The Balaban J connectivity index is 2.11. The first-order chi connectivity index (χ1) is 14.6. The van der Waals surface area contributed by atoms with Crippen LogP contribution in [0.4, 0.5) is 0 Å². The SMILES string of the molecule is CCCCCCN(CCCCCC)C(=O)c1ccc(B2OC(C)(C)C(C)(C)O2)cc1Br. The van der Waals surface area contributed by atoms with Crippen molar-refractivity contribution in [3.05, 3.63) is 28.2 Å². The molecule has 1 aliphatic rings. The second-order valence-electron chi connectivity index (χ2n) is 9.74. The van der Waals surface area contributed by atoms with Crippen molar-refractivity contribution in [1.82, 2.24) is 4.90 Å². The Hall–Kier alpha value is -0.845. The van der Waals surface area contributed by atoms with Crippen molar-refractivity contribution in [2.45, 2.75) is 104 Å². The largest absolute Gasteiger partial charge is 0.494 e. The van der Waals surface area contributed by atoms with Crippen LogP contribution in [0, 0.1) is 0 Å². The molecular formula is C25H41BBrNO3. The van der Waals surface area contributed by atoms with Crippen LogP contribution in [0.25, 0.3) is 0 Å². The van der Waals surface area contributed by atoms with E-state index >= 15 is 0 Å². The number of rotatable bonds is 12. The molecule has 1 fully saturated rings. The van der Waals surface area contributed by atoms with E-state index in [-0.39, 0.29) is 17.1 Å². The van der Waals surface area contributed by atoms with Crippen molar-refractivity contribution in [2.24, 2.45) is 0 Å². The molecule has 174 valence electrons. The van der Waals surface area contributed by atoms with Crippen LogP contribution in [0.1, 0.15) is 103 Å². The molecule has 0 atom stereocenters. The van der Waals surface area contributed by atoms with Crippen molar-refractivity contribution < 1.29 is 14.1 Å². The van der Waals surface area contributed by atoms with Crippen molar-refractivity contribution in [2.75, 3.05) is 13.1 Å². The Kier molecular flexibility index (Phi) is 10.1. The van der Waals surface area contributed by atoms with Crippen LogP contribution < -0.4 is 5.46 Å². The van der Waals surface area contributed by atoms with E-state index in [9.17, 15) is 4.79 Å². The molecule has 6 heteroatoms.